The van der Waals surface area contributed by atoms with Gasteiger partial charge in [0.2, 0.25) is 0 Å². The van der Waals surface area contributed by atoms with Gasteiger partial charge in [0, 0.05) is 0 Å². The van der Waals surface area contributed by atoms with Gasteiger partial charge in [-0.3, -0.25) is 0 Å². The number of benzene rings is 2. The summed E-state index contributed by atoms with van der Waals surface area (Å²) in [4.78, 5) is 0. The molecule has 2 N–H and O–H groups in total. The maximum Gasteiger partial charge on any atom is 0.478 e. The van der Waals surface area contributed by atoms with E-state index in [0.29, 0.717) is 0 Å². The van der Waals surface area contributed by atoms with Crippen LogP contribution in [0.15, 0.2) is 24.3 Å². The second kappa shape index (κ2) is 6.91. The number of hydrogen-bond acceptors (Lipinski definition) is 3. The first kappa shape index (κ1) is 17.8. The van der Waals surface area contributed by atoms with Crippen LogP contribution in [0, 0.1) is 41.5 Å². The first-order valence-electron chi connectivity index (χ1n) is 7.87. The minimum Gasteiger partial charge on any atom is -0.443 e. The summed E-state index contributed by atoms with van der Waals surface area (Å²) in [6.07, 6.45) is 0. The predicted octanol–water partition coefficient (Wildman–Crippen LogP) is 1.63. The Kier molecular flexibility index (Phi) is 5.35. The monoisotopic (exact) mass is 310 g/mol. The van der Waals surface area contributed by atoms with E-state index in [0.717, 1.165) is 44.3 Å². The Labute approximate surface area is 139 Å². The van der Waals surface area contributed by atoms with Crippen LogP contribution in [0.3, 0.4) is 0 Å². The minimum absolute atomic E-state index is 0.720. The molecular weight excluding hydrogens is 286 g/mol. The topological polar surface area (TPSA) is 49.7 Å². The van der Waals surface area contributed by atoms with E-state index in [1.807, 2.05) is 65.8 Å². The van der Waals surface area contributed by atoms with Crippen LogP contribution in [0.25, 0.3) is 0 Å². The summed E-state index contributed by atoms with van der Waals surface area (Å²) in [6.45, 7) is 11.8. The van der Waals surface area contributed by atoms with Gasteiger partial charge in [-0.1, -0.05) is 57.6 Å². The van der Waals surface area contributed by atoms with Crippen molar-refractivity contribution in [2.75, 3.05) is 0 Å². The van der Waals surface area contributed by atoms with Crippen molar-refractivity contribution in [3.05, 3.63) is 57.6 Å². The van der Waals surface area contributed by atoms with Crippen molar-refractivity contribution in [3.63, 3.8) is 0 Å². The zero-order valence-corrected chi connectivity index (χ0v) is 14.8. The first-order valence-corrected chi connectivity index (χ1v) is 7.87. The van der Waals surface area contributed by atoms with Crippen molar-refractivity contribution < 1.29 is 14.6 Å². The largest absolute Gasteiger partial charge is 0.478 e. The van der Waals surface area contributed by atoms with Gasteiger partial charge >= 0.3 is 14.2 Å². The number of rotatable bonds is 4. The summed E-state index contributed by atoms with van der Waals surface area (Å²) in [5.74, 6) is 0. The molecule has 5 heteroatoms. The third-order valence-electron chi connectivity index (χ3n) is 4.23. The van der Waals surface area contributed by atoms with Gasteiger partial charge in [0.25, 0.3) is 0 Å². The lowest BCUT2D eigenvalue weighted by Gasteiger charge is -2.19. The molecule has 0 aliphatic carbocycles. The molecule has 2 rings (SSSR count). The van der Waals surface area contributed by atoms with E-state index in [4.69, 9.17) is 4.57 Å². The average molecular weight is 310 g/mol. The van der Waals surface area contributed by atoms with Crippen molar-refractivity contribution in [3.8, 4) is 0 Å². The molecule has 0 amide bonds. The predicted molar refractivity (Wildman–Crippen MR) is 97.6 cm³/mol. The molecule has 23 heavy (non-hydrogen) atoms. The highest BCUT2D eigenvalue weighted by atomic mass is 16.5. The molecule has 0 unspecified atom stereocenters. The van der Waals surface area contributed by atoms with Gasteiger partial charge in [0.15, 0.2) is 0 Å². The van der Waals surface area contributed by atoms with E-state index in [1.165, 1.54) is 0 Å². The quantitative estimate of drug-likeness (QED) is 0.844. The zero-order chi connectivity index (χ0) is 17.3. The molecule has 120 valence electrons. The van der Waals surface area contributed by atoms with E-state index >= 15 is 0 Å². The van der Waals surface area contributed by atoms with Crippen molar-refractivity contribution in [1.29, 1.82) is 0 Å². The fourth-order valence-corrected chi connectivity index (χ4v) is 3.42. The van der Waals surface area contributed by atoms with Crippen LogP contribution in [-0.2, 0) is 4.57 Å². The molecule has 0 spiro atoms. The van der Waals surface area contributed by atoms with Gasteiger partial charge in [-0.15, -0.1) is 0 Å². The summed E-state index contributed by atoms with van der Waals surface area (Å²) in [5.41, 5.74) is 7.55. The van der Waals surface area contributed by atoms with Crippen LogP contribution in [0.4, 0.5) is 0 Å². The van der Waals surface area contributed by atoms with Crippen LogP contribution in [0.2, 0.25) is 0 Å². The van der Waals surface area contributed by atoms with E-state index in [2.05, 4.69) is 0 Å². The van der Waals surface area contributed by atoms with Gasteiger partial charge in [-0.2, -0.15) is 0 Å². The highest BCUT2D eigenvalue weighted by molar-refractivity contribution is 6.74. The molecular formula is C18H24B2O3. The summed E-state index contributed by atoms with van der Waals surface area (Å²) in [7, 11) is -2.32. The Morgan fingerprint density at radius 2 is 0.870 bits per heavy atom. The fraction of sp³-hybridized carbons (Fsp3) is 0.333. The average Bonchev–Trinajstić information content (AvgIpc) is 2.35. The molecule has 0 heterocycles. The second-order valence-corrected chi connectivity index (χ2v) is 6.47. The SMILES string of the molecule is Cc1cc(C)c(B(O)OB(O)c2c(C)cc(C)cc2C)c(C)c1. The summed E-state index contributed by atoms with van der Waals surface area (Å²) in [5, 5.41) is 20.9. The second-order valence-electron chi connectivity index (χ2n) is 6.47. The highest BCUT2D eigenvalue weighted by Gasteiger charge is 2.30. The molecule has 0 aliphatic rings. The summed E-state index contributed by atoms with van der Waals surface area (Å²) >= 11 is 0. The third-order valence-corrected chi connectivity index (χ3v) is 4.23. The molecule has 0 aliphatic heterocycles. The van der Waals surface area contributed by atoms with Gasteiger partial charge in [0.1, 0.15) is 0 Å². The smallest absolute Gasteiger partial charge is 0.443 e. The van der Waals surface area contributed by atoms with Crippen LogP contribution in [0.1, 0.15) is 33.4 Å². The van der Waals surface area contributed by atoms with Crippen LogP contribution in [0.5, 0.6) is 0 Å². The number of hydrogen-bond donors (Lipinski definition) is 2. The van der Waals surface area contributed by atoms with Crippen LogP contribution >= 0.6 is 0 Å². The van der Waals surface area contributed by atoms with E-state index in [-0.39, 0.29) is 0 Å². The van der Waals surface area contributed by atoms with Crippen molar-refractivity contribution in [2.24, 2.45) is 0 Å². The van der Waals surface area contributed by atoms with Gasteiger partial charge < -0.3 is 14.6 Å². The summed E-state index contributed by atoms with van der Waals surface area (Å²) in [6, 6.07) is 8.01. The van der Waals surface area contributed by atoms with Crippen molar-refractivity contribution >= 4 is 25.2 Å². The maximum absolute atomic E-state index is 10.5. The van der Waals surface area contributed by atoms with Gasteiger partial charge in [-0.25, -0.2) is 0 Å². The molecule has 0 fully saturated rings. The minimum atomic E-state index is -1.16. The Morgan fingerprint density at radius 3 is 1.13 bits per heavy atom. The Morgan fingerprint density at radius 1 is 0.609 bits per heavy atom. The number of aryl methyl sites for hydroxylation is 6. The lowest BCUT2D eigenvalue weighted by molar-refractivity contribution is 0.378. The Bertz CT molecular complexity index is 621. The first-order chi connectivity index (χ1) is 10.7. The van der Waals surface area contributed by atoms with Crippen molar-refractivity contribution in [2.45, 2.75) is 41.5 Å². The van der Waals surface area contributed by atoms with E-state index in [1.54, 1.807) is 0 Å². The third kappa shape index (κ3) is 3.86. The lowest BCUT2D eigenvalue weighted by Crippen LogP contribution is -2.48. The molecule has 0 aromatic heterocycles. The fourth-order valence-electron chi connectivity index (χ4n) is 3.42. The van der Waals surface area contributed by atoms with Crippen LogP contribution in [-0.4, -0.2) is 24.3 Å². The normalized spacial score (nSPS) is 10.8. The molecule has 0 radical (unpaired) electrons. The molecule has 2 aromatic carbocycles. The molecule has 0 atom stereocenters. The lowest BCUT2D eigenvalue weighted by atomic mass is 9.66. The molecule has 2 aromatic rings. The highest BCUT2D eigenvalue weighted by Crippen LogP contribution is 2.10. The van der Waals surface area contributed by atoms with E-state index < -0.39 is 14.2 Å². The Hall–Kier alpha value is -1.55. The van der Waals surface area contributed by atoms with Crippen LogP contribution < -0.4 is 10.9 Å². The maximum atomic E-state index is 10.5. The standard InChI is InChI=1S/C18H24B2O3/c1-11-7-13(3)17(14(4)8-11)19(21)23-20(22)18-15(5)9-12(2)10-16(18)6/h7-10,21-22H,1-6H3. The Balaban J connectivity index is 2.29. The van der Waals surface area contributed by atoms with Gasteiger partial charge in [0.05, 0.1) is 0 Å². The molecule has 0 saturated carbocycles. The molecule has 0 bridgehead atoms. The molecule has 3 nitrogen and oxygen atoms in total. The van der Waals surface area contributed by atoms with Gasteiger partial charge in [-0.05, 0) is 52.5 Å². The molecule has 0 saturated heterocycles. The van der Waals surface area contributed by atoms with E-state index in [9.17, 15) is 10.0 Å². The summed E-state index contributed by atoms with van der Waals surface area (Å²) < 4.78 is 5.54. The van der Waals surface area contributed by atoms with Crippen molar-refractivity contribution in [1.82, 2.24) is 0 Å². The zero-order valence-electron chi connectivity index (χ0n) is 14.8.